The molecule has 0 spiro atoms. The van der Waals surface area contributed by atoms with E-state index in [-0.39, 0.29) is 23.4 Å². The third-order valence-electron chi connectivity index (χ3n) is 3.98. The van der Waals surface area contributed by atoms with Crippen molar-refractivity contribution < 1.29 is 14.0 Å². The molecule has 1 aromatic rings. The summed E-state index contributed by atoms with van der Waals surface area (Å²) in [5.74, 6) is 1.07. The lowest BCUT2D eigenvalue weighted by Crippen LogP contribution is -2.56. The van der Waals surface area contributed by atoms with E-state index in [2.05, 4.69) is 10.2 Å². The molecule has 2 rings (SSSR count). The first kappa shape index (κ1) is 17.5. The highest BCUT2D eigenvalue weighted by atomic mass is 16.3. The van der Waals surface area contributed by atoms with Crippen molar-refractivity contribution >= 4 is 11.8 Å². The number of piperazine rings is 1. The number of furan rings is 1. The van der Waals surface area contributed by atoms with Crippen LogP contribution in [-0.4, -0.2) is 59.4 Å². The average Bonchev–Trinajstić information content (AvgIpc) is 2.90. The first-order valence-corrected chi connectivity index (χ1v) is 8.09. The van der Waals surface area contributed by atoms with Crippen molar-refractivity contribution in [2.75, 3.05) is 26.2 Å². The Morgan fingerprint density at radius 2 is 1.78 bits per heavy atom. The van der Waals surface area contributed by atoms with Crippen molar-refractivity contribution in [1.29, 1.82) is 0 Å². The summed E-state index contributed by atoms with van der Waals surface area (Å²) in [6.45, 7) is 12.2. The number of aryl methyl sites for hydroxylation is 1. The molecule has 1 aliphatic rings. The van der Waals surface area contributed by atoms with Crippen molar-refractivity contribution in [3.63, 3.8) is 0 Å². The van der Waals surface area contributed by atoms with Gasteiger partial charge < -0.3 is 14.6 Å². The lowest BCUT2D eigenvalue weighted by Gasteiger charge is -2.38. The van der Waals surface area contributed by atoms with E-state index in [1.54, 1.807) is 17.0 Å². The van der Waals surface area contributed by atoms with Gasteiger partial charge in [-0.25, -0.2) is 0 Å². The Labute approximate surface area is 137 Å². The van der Waals surface area contributed by atoms with Crippen molar-refractivity contribution in [3.8, 4) is 0 Å². The van der Waals surface area contributed by atoms with Crippen LogP contribution in [0.3, 0.4) is 0 Å². The third kappa shape index (κ3) is 4.58. The Morgan fingerprint density at radius 1 is 1.17 bits per heavy atom. The molecular weight excluding hydrogens is 294 g/mol. The molecule has 0 bridgehead atoms. The van der Waals surface area contributed by atoms with Crippen LogP contribution in [0.2, 0.25) is 0 Å². The number of carbonyl (C=O) groups excluding carboxylic acids is 2. The summed E-state index contributed by atoms with van der Waals surface area (Å²) in [5.41, 5.74) is -0.236. The van der Waals surface area contributed by atoms with Crippen molar-refractivity contribution in [2.24, 2.45) is 0 Å². The van der Waals surface area contributed by atoms with E-state index in [0.29, 0.717) is 31.9 Å². The van der Waals surface area contributed by atoms with Crippen molar-refractivity contribution in [1.82, 2.24) is 15.1 Å². The molecule has 1 atom stereocenters. The number of carbonyl (C=O) groups is 2. The van der Waals surface area contributed by atoms with Crippen LogP contribution in [0, 0.1) is 6.92 Å². The minimum atomic E-state index is -0.236. The van der Waals surface area contributed by atoms with E-state index in [1.165, 1.54) is 0 Å². The summed E-state index contributed by atoms with van der Waals surface area (Å²) in [5, 5.41) is 3.00. The SMILES string of the molecule is Cc1ccc(C(=O)N2CCN(C(C)C(=O)NC(C)(C)C)CC2)o1. The van der Waals surface area contributed by atoms with Crippen LogP contribution >= 0.6 is 0 Å². The fraction of sp³-hybridized carbons (Fsp3) is 0.647. The van der Waals surface area contributed by atoms with Gasteiger partial charge in [0.15, 0.2) is 5.76 Å². The van der Waals surface area contributed by atoms with Crippen LogP contribution in [0.5, 0.6) is 0 Å². The van der Waals surface area contributed by atoms with Gasteiger partial charge >= 0.3 is 0 Å². The molecule has 1 aromatic heterocycles. The summed E-state index contributed by atoms with van der Waals surface area (Å²) >= 11 is 0. The highest BCUT2D eigenvalue weighted by Crippen LogP contribution is 2.13. The Kier molecular flexibility index (Phi) is 5.14. The summed E-state index contributed by atoms with van der Waals surface area (Å²) < 4.78 is 5.40. The summed E-state index contributed by atoms with van der Waals surface area (Å²) in [7, 11) is 0. The Balaban J connectivity index is 1.88. The van der Waals surface area contributed by atoms with Gasteiger partial charge in [-0.1, -0.05) is 0 Å². The molecule has 2 amide bonds. The molecule has 1 fully saturated rings. The van der Waals surface area contributed by atoms with Crippen LogP contribution in [0.25, 0.3) is 0 Å². The molecule has 0 aromatic carbocycles. The molecule has 1 saturated heterocycles. The zero-order valence-corrected chi connectivity index (χ0v) is 14.7. The molecule has 0 radical (unpaired) electrons. The fourth-order valence-corrected chi connectivity index (χ4v) is 2.66. The van der Waals surface area contributed by atoms with Gasteiger partial charge in [0.05, 0.1) is 6.04 Å². The van der Waals surface area contributed by atoms with E-state index in [4.69, 9.17) is 4.42 Å². The standard InChI is InChI=1S/C17H27N3O3/c1-12-6-7-14(23-12)16(22)20-10-8-19(9-11-20)13(2)15(21)18-17(3,4)5/h6-7,13H,8-11H2,1-5H3,(H,18,21). The van der Waals surface area contributed by atoms with Gasteiger partial charge in [-0.2, -0.15) is 0 Å². The van der Waals surface area contributed by atoms with Gasteiger partial charge in [0, 0.05) is 31.7 Å². The van der Waals surface area contributed by atoms with Crippen LogP contribution in [0.1, 0.15) is 44.0 Å². The number of hydrogen-bond acceptors (Lipinski definition) is 4. The highest BCUT2D eigenvalue weighted by molar-refractivity contribution is 5.91. The van der Waals surface area contributed by atoms with Crippen LogP contribution in [-0.2, 0) is 4.79 Å². The quantitative estimate of drug-likeness (QED) is 0.919. The molecular formula is C17H27N3O3. The topological polar surface area (TPSA) is 65.8 Å². The minimum absolute atomic E-state index is 0.0268. The monoisotopic (exact) mass is 321 g/mol. The highest BCUT2D eigenvalue weighted by Gasteiger charge is 2.30. The van der Waals surface area contributed by atoms with Crippen LogP contribution in [0.4, 0.5) is 0 Å². The number of amides is 2. The molecule has 1 unspecified atom stereocenters. The van der Waals surface area contributed by atoms with Gasteiger partial charge in [-0.15, -0.1) is 0 Å². The van der Waals surface area contributed by atoms with Gasteiger partial charge in [0.2, 0.25) is 5.91 Å². The molecule has 0 saturated carbocycles. The van der Waals surface area contributed by atoms with Gasteiger partial charge in [0.25, 0.3) is 5.91 Å². The first-order valence-electron chi connectivity index (χ1n) is 8.09. The van der Waals surface area contributed by atoms with Crippen molar-refractivity contribution in [3.05, 3.63) is 23.7 Å². The van der Waals surface area contributed by atoms with E-state index < -0.39 is 0 Å². The van der Waals surface area contributed by atoms with Crippen LogP contribution in [0.15, 0.2) is 16.5 Å². The number of nitrogens with one attached hydrogen (secondary N) is 1. The molecule has 128 valence electrons. The Morgan fingerprint density at radius 3 is 2.26 bits per heavy atom. The van der Waals surface area contributed by atoms with E-state index in [9.17, 15) is 9.59 Å². The van der Waals surface area contributed by atoms with E-state index >= 15 is 0 Å². The molecule has 23 heavy (non-hydrogen) atoms. The maximum atomic E-state index is 12.3. The zero-order chi connectivity index (χ0) is 17.2. The molecule has 6 nitrogen and oxygen atoms in total. The molecule has 6 heteroatoms. The van der Waals surface area contributed by atoms with Gasteiger partial charge in [-0.3, -0.25) is 14.5 Å². The van der Waals surface area contributed by atoms with E-state index in [0.717, 1.165) is 5.76 Å². The fourth-order valence-electron chi connectivity index (χ4n) is 2.66. The van der Waals surface area contributed by atoms with Crippen molar-refractivity contribution in [2.45, 2.75) is 46.2 Å². The summed E-state index contributed by atoms with van der Waals surface area (Å²) in [6, 6.07) is 3.31. The van der Waals surface area contributed by atoms with Gasteiger partial charge in [-0.05, 0) is 46.8 Å². The zero-order valence-electron chi connectivity index (χ0n) is 14.7. The van der Waals surface area contributed by atoms with Crippen LogP contribution < -0.4 is 5.32 Å². The molecule has 1 N–H and O–H groups in total. The normalized spacial score (nSPS) is 17.9. The molecule has 1 aliphatic heterocycles. The maximum absolute atomic E-state index is 12.3. The summed E-state index contributed by atoms with van der Waals surface area (Å²) in [6.07, 6.45) is 0. The lowest BCUT2D eigenvalue weighted by atomic mass is 10.1. The largest absolute Gasteiger partial charge is 0.456 e. The predicted molar refractivity (Wildman–Crippen MR) is 88.3 cm³/mol. The smallest absolute Gasteiger partial charge is 0.289 e. The average molecular weight is 321 g/mol. The maximum Gasteiger partial charge on any atom is 0.289 e. The second-order valence-corrected chi connectivity index (χ2v) is 7.15. The Hall–Kier alpha value is -1.82. The number of rotatable bonds is 3. The molecule has 0 aliphatic carbocycles. The Bertz CT molecular complexity index is 566. The minimum Gasteiger partial charge on any atom is -0.456 e. The van der Waals surface area contributed by atoms with Gasteiger partial charge in [0.1, 0.15) is 5.76 Å². The number of nitrogens with zero attached hydrogens (tertiary/aromatic N) is 2. The predicted octanol–water partition coefficient (Wildman–Crippen LogP) is 1.65. The first-order chi connectivity index (χ1) is 10.7. The second-order valence-electron chi connectivity index (χ2n) is 7.15. The third-order valence-corrected chi connectivity index (χ3v) is 3.98. The number of hydrogen-bond donors (Lipinski definition) is 1. The second kappa shape index (κ2) is 6.74. The molecule has 2 heterocycles. The lowest BCUT2D eigenvalue weighted by molar-refractivity contribution is -0.127. The van der Waals surface area contributed by atoms with E-state index in [1.807, 2.05) is 34.6 Å². The summed E-state index contributed by atoms with van der Waals surface area (Å²) in [4.78, 5) is 28.5.